The summed E-state index contributed by atoms with van der Waals surface area (Å²) in [5.74, 6) is 0.117. The zero-order valence-electron chi connectivity index (χ0n) is 14.4. The Kier molecular flexibility index (Phi) is 5.89. The molecule has 0 aromatic heterocycles. The molecule has 1 aliphatic carbocycles. The van der Waals surface area contributed by atoms with Crippen LogP contribution in [0.15, 0.2) is 30.3 Å². The molecule has 2 aliphatic rings. The van der Waals surface area contributed by atoms with E-state index in [9.17, 15) is 9.59 Å². The van der Waals surface area contributed by atoms with Crippen LogP contribution in [0.2, 0.25) is 0 Å². The molecule has 3 rings (SSSR count). The standard InChI is InChI=1S/C20H28N2O2/c23-19(21-13-11-16-7-3-1-4-8-16)18-12-14-22(20(18)24)15-17-9-5-2-6-10-17/h1,3-4,7-8,17-18H,2,5-6,9-15H2,(H,21,23). The van der Waals surface area contributed by atoms with Crippen molar-refractivity contribution in [2.45, 2.75) is 44.9 Å². The van der Waals surface area contributed by atoms with Crippen LogP contribution < -0.4 is 5.32 Å². The highest BCUT2D eigenvalue weighted by molar-refractivity contribution is 6.01. The first-order valence-electron chi connectivity index (χ1n) is 9.34. The largest absolute Gasteiger partial charge is 0.355 e. The van der Waals surface area contributed by atoms with Gasteiger partial charge in [-0.2, -0.15) is 0 Å². The Morgan fingerprint density at radius 1 is 1.08 bits per heavy atom. The summed E-state index contributed by atoms with van der Waals surface area (Å²) in [5.41, 5.74) is 1.20. The number of rotatable bonds is 6. The van der Waals surface area contributed by atoms with Gasteiger partial charge in [-0.05, 0) is 37.2 Å². The average Bonchev–Trinajstić information content (AvgIpc) is 2.97. The molecule has 130 valence electrons. The number of likely N-dealkylation sites (tertiary alicyclic amines) is 1. The molecule has 1 saturated carbocycles. The Labute approximate surface area is 144 Å². The molecule has 1 atom stereocenters. The lowest BCUT2D eigenvalue weighted by atomic mass is 9.89. The molecule has 1 saturated heterocycles. The Morgan fingerprint density at radius 2 is 1.83 bits per heavy atom. The van der Waals surface area contributed by atoms with E-state index in [-0.39, 0.29) is 11.8 Å². The van der Waals surface area contributed by atoms with Gasteiger partial charge in [0.15, 0.2) is 0 Å². The van der Waals surface area contributed by atoms with Gasteiger partial charge >= 0.3 is 0 Å². The van der Waals surface area contributed by atoms with Gasteiger partial charge in [-0.15, -0.1) is 0 Å². The Morgan fingerprint density at radius 3 is 2.58 bits per heavy atom. The number of nitrogens with zero attached hydrogens (tertiary/aromatic N) is 1. The molecular weight excluding hydrogens is 300 g/mol. The van der Waals surface area contributed by atoms with Crippen LogP contribution >= 0.6 is 0 Å². The normalized spacial score (nSPS) is 21.9. The summed E-state index contributed by atoms with van der Waals surface area (Å²) in [6, 6.07) is 10.1. The van der Waals surface area contributed by atoms with E-state index >= 15 is 0 Å². The maximum Gasteiger partial charge on any atom is 0.235 e. The first kappa shape index (κ1) is 17.0. The topological polar surface area (TPSA) is 49.4 Å². The maximum atomic E-state index is 12.5. The van der Waals surface area contributed by atoms with E-state index < -0.39 is 5.92 Å². The van der Waals surface area contributed by atoms with Crippen LogP contribution in [0.4, 0.5) is 0 Å². The average molecular weight is 328 g/mol. The molecule has 24 heavy (non-hydrogen) atoms. The molecule has 1 heterocycles. The van der Waals surface area contributed by atoms with Gasteiger partial charge in [0.2, 0.25) is 11.8 Å². The maximum absolute atomic E-state index is 12.5. The second-order valence-corrected chi connectivity index (χ2v) is 7.16. The van der Waals surface area contributed by atoms with Gasteiger partial charge in [0.25, 0.3) is 0 Å². The third-order valence-electron chi connectivity index (χ3n) is 5.37. The number of amides is 2. The Hall–Kier alpha value is -1.84. The highest BCUT2D eigenvalue weighted by Gasteiger charge is 2.37. The van der Waals surface area contributed by atoms with Crippen molar-refractivity contribution in [1.82, 2.24) is 10.2 Å². The van der Waals surface area contributed by atoms with Gasteiger partial charge in [-0.1, -0.05) is 49.6 Å². The molecule has 1 aliphatic heterocycles. The monoisotopic (exact) mass is 328 g/mol. The predicted molar refractivity (Wildman–Crippen MR) is 94.4 cm³/mol. The zero-order chi connectivity index (χ0) is 16.8. The van der Waals surface area contributed by atoms with E-state index in [2.05, 4.69) is 17.4 Å². The van der Waals surface area contributed by atoms with Crippen LogP contribution in [0.25, 0.3) is 0 Å². The van der Waals surface area contributed by atoms with E-state index in [1.807, 2.05) is 23.1 Å². The number of nitrogens with one attached hydrogen (secondary N) is 1. The quantitative estimate of drug-likeness (QED) is 0.816. The Balaban J connectivity index is 1.43. The van der Waals surface area contributed by atoms with E-state index in [0.717, 1.165) is 19.5 Å². The number of benzene rings is 1. The van der Waals surface area contributed by atoms with Gasteiger partial charge in [0, 0.05) is 19.6 Å². The third-order valence-corrected chi connectivity index (χ3v) is 5.37. The molecule has 1 unspecified atom stereocenters. The van der Waals surface area contributed by atoms with Crippen molar-refractivity contribution in [3.63, 3.8) is 0 Å². The molecule has 1 N–H and O–H groups in total. The zero-order valence-corrected chi connectivity index (χ0v) is 14.4. The van der Waals surface area contributed by atoms with Gasteiger partial charge in [-0.25, -0.2) is 0 Å². The van der Waals surface area contributed by atoms with E-state index in [1.54, 1.807) is 0 Å². The van der Waals surface area contributed by atoms with Crippen LogP contribution in [0.1, 0.15) is 44.1 Å². The lowest BCUT2D eigenvalue weighted by Gasteiger charge is -2.27. The van der Waals surface area contributed by atoms with Crippen molar-refractivity contribution in [3.05, 3.63) is 35.9 Å². The number of carbonyl (C=O) groups is 2. The first-order valence-corrected chi connectivity index (χ1v) is 9.34. The second-order valence-electron chi connectivity index (χ2n) is 7.16. The number of hydrogen-bond acceptors (Lipinski definition) is 2. The second kappa shape index (κ2) is 8.32. The first-order chi connectivity index (χ1) is 11.7. The lowest BCUT2D eigenvalue weighted by molar-refractivity contribution is -0.138. The minimum absolute atomic E-state index is 0.0396. The SMILES string of the molecule is O=C(NCCc1ccccc1)C1CCN(CC2CCCCC2)C1=O. The molecule has 1 aromatic rings. The summed E-state index contributed by atoms with van der Waals surface area (Å²) in [6.07, 6.45) is 7.85. The minimum atomic E-state index is -0.468. The molecule has 0 radical (unpaired) electrons. The van der Waals surface area contributed by atoms with E-state index in [4.69, 9.17) is 0 Å². The summed E-state index contributed by atoms with van der Waals surface area (Å²) in [4.78, 5) is 26.8. The molecule has 2 fully saturated rings. The molecule has 4 nitrogen and oxygen atoms in total. The molecule has 4 heteroatoms. The van der Waals surface area contributed by atoms with Crippen molar-refractivity contribution in [1.29, 1.82) is 0 Å². The smallest absolute Gasteiger partial charge is 0.235 e. The van der Waals surface area contributed by atoms with Crippen LogP contribution in [0, 0.1) is 11.8 Å². The highest BCUT2D eigenvalue weighted by Crippen LogP contribution is 2.27. The van der Waals surface area contributed by atoms with Crippen molar-refractivity contribution in [2.75, 3.05) is 19.6 Å². The number of carbonyl (C=O) groups excluding carboxylic acids is 2. The van der Waals surface area contributed by atoms with E-state index in [0.29, 0.717) is 18.9 Å². The van der Waals surface area contributed by atoms with Gasteiger partial charge in [-0.3, -0.25) is 9.59 Å². The predicted octanol–water partition coefficient (Wildman–Crippen LogP) is 2.77. The lowest BCUT2D eigenvalue weighted by Crippen LogP contribution is -2.39. The van der Waals surface area contributed by atoms with Gasteiger partial charge in [0.1, 0.15) is 5.92 Å². The summed E-state index contributed by atoms with van der Waals surface area (Å²) >= 11 is 0. The molecule has 1 aromatic carbocycles. The molecule has 0 spiro atoms. The minimum Gasteiger partial charge on any atom is -0.355 e. The fraction of sp³-hybridized carbons (Fsp3) is 0.600. The summed E-state index contributed by atoms with van der Waals surface area (Å²) in [5, 5.41) is 2.94. The van der Waals surface area contributed by atoms with Crippen LogP contribution in [0.3, 0.4) is 0 Å². The third kappa shape index (κ3) is 4.37. The van der Waals surface area contributed by atoms with Crippen molar-refractivity contribution >= 4 is 11.8 Å². The summed E-state index contributed by atoms with van der Waals surface area (Å²) < 4.78 is 0. The fourth-order valence-electron chi connectivity index (χ4n) is 3.94. The van der Waals surface area contributed by atoms with Gasteiger partial charge in [0.05, 0.1) is 0 Å². The Bertz CT molecular complexity index is 552. The number of hydrogen-bond donors (Lipinski definition) is 1. The fourth-order valence-corrected chi connectivity index (χ4v) is 3.94. The molecule has 2 amide bonds. The summed E-state index contributed by atoms with van der Waals surface area (Å²) in [7, 11) is 0. The highest BCUT2D eigenvalue weighted by atomic mass is 16.2. The van der Waals surface area contributed by atoms with Gasteiger partial charge < -0.3 is 10.2 Å². The van der Waals surface area contributed by atoms with Crippen LogP contribution in [0.5, 0.6) is 0 Å². The van der Waals surface area contributed by atoms with Crippen molar-refractivity contribution < 1.29 is 9.59 Å². The van der Waals surface area contributed by atoms with Crippen LogP contribution in [-0.4, -0.2) is 36.3 Å². The van der Waals surface area contributed by atoms with Crippen molar-refractivity contribution in [2.24, 2.45) is 11.8 Å². The molecule has 0 bridgehead atoms. The van der Waals surface area contributed by atoms with Crippen molar-refractivity contribution in [3.8, 4) is 0 Å². The molecular formula is C20H28N2O2. The summed E-state index contributed by atoms with van der Waals surface area (Å²) in [6.45, 7) is 2.19. The van der Waals surface area contributed by atoms with E-state index in [1.165, 1.54) is 37.7 Å². The van der Waals surface area contributed by atoms with Crippen LogP contribution in [-0.2, 0) is 16.0 Å².